The Hall–Kier alpha value is -3.65. The van der Waals surface area contributed by atoms with E-state index in [4.69, 9.17) is 21.1 Å². The minimum atomic E-state index is -0.237. The van der Waals surface area contributed by atoms with E-state index >= 15 is 0 Å². The van der Waals surface area contributed by atoms with E-state index in [1.807, 2.05) is 24.3 Å². The Morgan fingerprint density at radius 1 is 1.07 bits per heavy atom. The Morgan fingerprint density at radius 3 is 2.70 bits per heavy atom. The van der Waals surface area contributed by atoms with Crippen molar-refractivity contribution in [3.63, 3.8) is 0 Å². The van der Waals surface area contributed by atoms with Crippen LogP contribution in [0.25, 0.3) is 17.0 Å². The number of methoxy groups -OCH3 is 1. The molecule has 0 aliphatic carbocycles. The summed E-state index contributed by atoms with van der Waals surface area (Å²) in [4.78, 5) is 12.3. The van der Waals surface area contributed by atoms with Gasteiger partial charge in [-0.05, 0) is 30.3 Å². The van der Waals surface area contributed by atoms with Gasteiger partial charge in [-0.15, -0.1) is 15.3 Å². The summed E-state index contributed by atoms with van der Waals surface area (Å²) in [5.74, 6) is 1.18. The van der Waals surface area contributed by atoms with Crippen LogP contribution in [0, 0.1) is 0 Å². The Bertz CT molecular complexity index is 1190. The van der Waals surface area contributed by atoms with Crippen molar-refractivity contribution < 1.29 is 14.3 Å². The van der Waals surface area contributed by atoms with E-state index in [1.165, 1.54) is 7.11 Å². The van der Waals surface area contributed by atoms with Crippen LogP contribution in [0.1, 0.15) is 10.4 Å². The second-order valence-electron chi connectivity index (χ2n) is 6.25. The fourth-order valence-electron chi connectivity index (χ4n) is 2.91. The first-order chi connectivity index (χ1) is 14.7. The lowest BCUT2D eigenvalue weighted by Gasteiger charge is -2.10. The third kappa shape index (κ3) is 4.04. The van der Waals surface area contributed by atoms with Crippen molar-refractivity contribution in [1.29, 1.82) is 0 Å². The van der Waals surface area contributed by atoms with E-state index in [2.05, 4.69) is 20.6 Å². The number of aromatic nitrogens is 4. The number of rotatable bonds is 7. The highest BCUT2D eigenvalue weighted by Crippen LogP contribution is 2.26. The van der Waals surface area contributed by atoms with Crippen molar-refractivity contribution in [2.45, 2.75) is 0 Å². The first-order valence-corrected chi connectivity index (χ1v) is 9.56. The molecule has 0 bridgehead atoms. The Kier molecular flexibility index (Phi) is 5.76. The minimum absolute atomic E-state index is 0.237. The molecule has 9 heteroatoms. The van der Waals surface area contributed by atoms with Gasteiger partial charge in [-0.3, -0.25) is 4.79 Å². The minimum Gasteiger partial charge on any atom is -0.496 e. The molecule has 0 aliphatic rings. The van der Waals surface area contributed by atoms with Crippen LogP contribution < -0.4 is 14.8 Å². The molecule has 0 fully saturated rings. The molecule has 0 radical (unpaired) electrons. The second-order valence-corrected chi connectivity index (χ2v) is 6.66. The summed E-state index contributed by atoms with van der Waals surface area (Å²) < 4.78 is 12.5. The summed E-state index contributed by atoms with van der Waals surface area (Å²) in [6.07, 6.45) is 0. The maximum Gasteiger partial charge on any atom is 0.255 e. The van der Waals surface area contributed by atoms with E-state index in [0.29, 0.717) is 40.2 Å². The largest absolute Gasteiger partial charge is 0.496 e. The summed E-state index contributed by atoms with van der Waals surface area (Å²) in [6.45, 7) is 0.541. The Morgan fingerprint density at radius 2 is 1.87 bits per heavy atom. The molecule has 1 N–H and O–H groups in total. The first kappa shape index (κ1) is 19.7. The topological polar surface area (TPSA) is 90.6 Å². The number of hydrogen-bond donors (Lipinski definition) is 1. The molecule has 2 aromatic heterocycles. The van der Waals surface area contributed by atoms with Crippen LogP contribution in [0.15, 0.2) is 60.7 Å². The molecule has 2 aromatic carbocycles. The van der Waals surface area contributed by atoms with Gasteiger partial charge in [0.2, 0.25) is 5.88 Å². The predicted molar refractivity (Wildman–Crippen MR) is 112 cm³/mol. The van der Waals surface area contributed by atoms with Crippen LogP contribution in [0.3, 0.4) is 0 Å². The van der Waals surface area contributed by atoms with E-state index in [0.717, 1.165) is 5.56 Å². The number of halogens is 1. The zero-order valence-corrected chi connectivity index (χ0v) is 16.8. The van der Waals surface area contributed by atoms with Crippen molar-refractivity contribution in [3.8, 4) is 23.0 Å². The molecular weight excluding hydrogens is 406 g/mol. The van der Waals surface area contributed by atoms with E-state index in [-0.39, 0.29) is 12.5 Å². The number of benzene rings is 2. The van der Waals surface area contributed by atoms with Gasteiger partial charge in [0, 0.05) is 11.6 Å². The number of hydrogen-bond acceptors (Lipinski definition) is 6. The van der Waals surface area contributed by atoms with Crippen LogP contribution in [0.5, 0.6) is 11.6 Å². The molecule has 0 unspecified atom stereocenters. The number of amides is 1. The average molecular weight is 424 g/mol. The van der Waals surface area contributed by atoms with Crippen molar-refractivity contribution in [1.82, 2.24) is 25.1 Å². The van der Waals surface area contributed by atoms with Crippen molar-refractivity contribution >= 4 is 23.2 Å². The van der Waals surface area contributed by atoms with Gasteiger partial charge in [0.25, 0.3) is 5.91 Å². The quantitative estimate of drug-likeness (QED) is 0.459. The highest BCUT2D eigenvalue weighted by atomic mass is 35.5. The molecule has 4 rings (SSSR count). The van der Waals surface area contributed by atoms with Crippen molar-refractivity contribution in [2.75, 3.05) is 20.3 Å². The summed E-state index contributed by atoms with van der Waals surface area (Å²) >= 11 is 6.27. The monoisotopic (exact) mass is 423 g/mol. The normalized spacial score (nSPS) is 10.7. The SMILES string of the molecule is COc1ccccc1C(=O)NCCOc1ccc2nnc(-c3ccccc3Cl)n2n1. The molecule has 1 amide bonds. The molecule has 8 nitrogen and oxygen atoms in total. The Balaban J connectivity index is 1.42. The predicted octanol–water partition coefficient (Wildman–Crippen LogP) is 3.26. The van der Waals surface area contributed by atoms with Gasteiger partial charge in [-0.25, -0.2) is 0 Å². The number of nitrogens with one attached hydrogen (secondary N) is 1. The van der Waals surface area contributed by atoms with E-state index in [9.17, 15) is 4.79 Å². The molecule has 0 spiro atoms. The van der Waals surface area contributed by atoms with Gasteiger partial charge in [0.1, 0.15) is 12.4 Å². The average Bonchev–Trinajstić information content (AvgIpc) is 3.20. The molecule has 4 aromatic rings. The highest BCUT2D eigenvalue weighted by molar-refractivity contribution is 6.33. The molecule has 152 valence electrons. The van der Waals surface area contributed by atoms with Crippen molar-refractivity contribution in [3.05, 3.63) is 71.2 Å². The highest BCUT2D eigenvalue weighted by Gasteiger charge is 2.13. The number of para-hydroxylation sites is 1. The van der Waals surface area contributed by atoms with Gasteiger partial charge in [-0.1, -0.05) is 35.9 Å². The lowest BCUT2D eigenvalue weighted by Crippen LogP contribution is -2.28. The van der Waals surface area contributed by atoms with Gasteiger partial charge in [0.05, 0.1) is 24.2 Å². The van der Waals surface area contributed by atoms with E-state index < -0.39 is 0 Å². The van der Waals surface area contributed by atoms with Crippen LogP contribution in [-0.2, 0) is 0 Å². The first-order valence-electron chi connectivity index (χ1n) is 9.19. The number of carbonyl (C=O) groups excluding carboxylic acids is 1. The molecule has 0 aliphatic heterocycles. The zero-order chi connectivity index (χ0) is 20.9. The van der Waals surface area contributed by atoms with Crippen LogP contribution >= 0.6 is 11.6 Å². The third-order valence-corrected chi connectivity index (χ3v) is 4.67. The zero-order valence-electron chi connectivity index (χ0n) is 16.1. The molecular formula is C21H18ClN5O3. The standard InChI is InChI=1S/C21H18ClN5O3/c1-29-17-9-5-3-7-15(17)21(28)23-12-13-30-19-11-10-18-24-25-20(27(18)26-19)14-6-2-4-8-16(14)22/h2-11H,12-13H2,1H3,(H,23,28). The molecule has 0 saturated carbocycles. The lowest BCUT2D eigenvalue weighted by atomic mass is 10.2. The van der Waals surface area contributed by atoms with Crippen LogP contribution in [0.2, 0.25) is 5.02 Å². The second kappa shape index (κ2) is 8.79. The third-order valence-electron chi connectivity index (χ3n) is 4.34. The fourth-order valence-corrected chi connectivity index (χ4v) is 3.13. The summed E-state index contributed by atoms with van der Waals surface area (Å²) in [5.41, 5.74) is 1.76. The maximum atomic E-state index is 12.3. The van der Waals surface area contributed by atoms with Crippen molar-refractivity contribution in [2.24, 2.45) is 0 Å². The lowest BCUT2D eigenvalue weighted by molar-refractivity contribution is 0.0943. The van der Waals surface area contributed by atoms with Crippen LogP contribution in [-0.4, -0.2) is 46.0 Å². The molecule has 0 saturated heterocycles. The van der Waals surface area contributed by atoms with Gasteiger partial charge < -0.3 is 14.8 Å². The fraction of sp³-hybridized carbons (Fsp3) is 0.143. The molecule has 2 heterocycles. The maximum absolute atomic E-state index is 12.3. The van der Waals surface area contributed by atoms with Crippen LogP contribution in [0.4, 0.5) is 0 Å². The Labute approximate surface area is 177 Å². The summed E-state index contributed by atoms with van der Waals surface area (Å²) in [6, 6.07) is 17.8. The number of nitrogens with zero attached hydrogens (tertiary/aromatic N) is 4. The number of fused-ring (bicyclic) bond motifs is 1. The number of ether oxygens (including phenoxy) is 2. The number of carbonyl (C=O) groups is 1. The van der Waals surface area contributed by atoms with Gasteiger partial charge >= 0.3 is 0 Å². The van der Waals surface area contributed by atoms with Gasteiger partial charge in [0.15, 0.2) is 11.5 Å². The van der Waals surface area contributed by atoms with Gasteiger partial charge in [-0.2, -0.15) is 4.52 Å². The molecule has 30 heavy (non-hydrogen) atoms. The smallest absolute Gasteiger partial charge is 0.255 e. The summed E-state index contributed by atoms with van der Waals surface area (Å²) in [7, 11) is 1.53. The molecule has 0 atom stereocenters. The summed E-state index contributed by atoms with van der Waals surface area (Å²) in [5, 5.41) is 16.1. The van der Waals surface area contributed by atoms with E-state index in [1.54, 1.807) is 40.9 Å².